The molecule has 0 aliphatic carbocycles. The maximum absolute atomic E-state index is 11.6. The van der Waals surface area contributed by atoms with Crippen LogP contribution in [0.4, 0.5) is 5.69 Å². The number of fused-ring (bicyclic) bond motifs is 1. The molecule has 3 N–H and O–H groups in total. The summed E-state index contributed by atoms with van der Waals surface area (Å²) in [6.07, 6.45) is 2.05. The molecule has 0 saturated heterocycles. The van der Waals surface area contributed by atoms with Crippen LogP contribution in [0.5, 0.6) is 5.75 Å². The van der Waals surface area contributed by atoms with E-state index >= 15 is 0 Å². The van der Waals surface area contributed by atoms with Gasteiger partial charge in [0, 0.05) is 24.1 Å². The Labute approximate surface area is 108 Å². The van der Waals surface area contributed by atoms with E-state index in [-0.39, 0.29) is 11.5 Å². The molecule has 18 heavy (non-hydrogen) atoms. The molecule has 4 nitrogen and oxygen atoms in total. The summed E-state index contributed by atoms with van der Waals surface area (Å²) in [7, 11) is 0. The first-order valence-electron chi connectivity index (χ1n) is 6.32. The average molecular weight is 248 g/mol. The third-order valence-electron chi connectivity index (χ3n) is 2.95. The first-order chi connectivity index (χ1) is 8.50. The van der Waals surface area contributed by atoms with E-state index in [0.717, 1.165) is 23.4 Å². The van der Waals surface area contributed by atoms with Crippen LogP contribution in [-0.4, -0.2) is 18.1 Å². The second-order valence-corrected chi connectivity index (χ2v) is 5.30. The van der Waals surface area contributed by atoms with Gasteiger partial charge >= 0.3 is 0 Å². The van der Waals surface area contributed by atoms with Crippen molar-refractivity contribution in [2.75, 3.05) is 11.9 Å². The van der Waals surface area contributed by atoms with Gasteiger partial charge in [-0.2, -0.15) is 0 Å². The van der Waals surface area contributed by atoms with Crippen molar-refractivity contribution >= 4 is 11.6 Å². The fraction of sp³-hybridized carbons (Fsp3) is 0.500. The molecular weight excluding hydrogens is 228 g/mol. The van der Waals surface area contributed by atoms with E-state index in [2.05, 4.69) is 19.2 Å². The predicted molar refractivity (Wildman–Crippen MR) is 71.8 cm³/mol. The maximum Gasteiger partial charge on any atom is 0.224 e. The zero-order chi connectivity index (χ0) is 13.2. The largest absolute Gasteiger partial charge is 0.487 e. The van der Waals surface area contributed by atoms with Crippen LogP contribution in [0.2, 0.25) is 0 Å². The van der Waals surface area contributed by atoms with Crippen molar-refractivity contribution in [3.05, 3.63) is 23.8 Å². The van der Waals surface area contributed by atoms with Gasteiger partial charge in [-0.15, -0.1) is 0 Å². The van der Waals surface area contributed by atoms with Crippen molar-refractivity contribution in [2.45, 2.75) is 38.7 Å². The Bertz CT molecular complexity index is 455. The van der Waals surface area contributed by atoms with Crippen molar-refractivity contribution in [2.24, 2.45) is 5.73 Å². The Morgan fingerprint density at radius 3 is 3.00 bits per heavy atom. The first kappa shape index (κ1) is 12.9. The average Bonchev–Trinajstić information content (AvgIpc) is 2.59. The Balaban J connectivity index is 2.03. The van der Waals surface area contributed by atoms with Crippen molar-refractivity contribution in [3.63, 3.8) is 0 Å². The maximum atomic E-state index is 11.6. The molecule has 0 saturated carbocycles. The fourth-order valence-electron chi connectivity index (χ4n) is 2.17. The number of ether oxygens (including phenoxy) is 1. The zero-order valence-corrected chi connectivity index (χ0v) is 11.0. The van der Waals surface area contributed by atoms with E-state index in [9.17, 15) is 4.79 Å². The zero-order valence-electron chi connectivity index (χ0n) is 11.0. The molecule has 0 spiro atoms. The smallest absolute Gasteiger partial charge is 0.224 e. The highest BCUT2D eigenvalue weighted by Crippen LogP contribution is 2.36. The van der Waals surface area contributed by atoms with Gasteiger partial charge in [0.05, 0.1) is 0 Å². The fourth-order valence-corrected chi connectivity index (χ4v) is 2.17. The van der Waals surface area contributed by atoms with Gasteiger partial charge in [-0.3, -0.25) is 4.79 Å². The lowest BCUT2D eigenvalue weighted by Gasteiger charge is -2.16. The van der Waals surface area contributed by atoms with Crippen LogP contribution < -0.4 is 15.8 Å². The lowest BCUT2D eigenvalue weighted by atomic mass is 10.0. The van der Waals surface area contributed by atoms with Crippen LogP contribution in [0.15, 0.2) is 18.2 Å². The highest BCUT2D eigenvalue weighted by molar-refractivity contribution is 5.90. The van der Waals surface area contributed by atoms with Crippen LogP contribution in [0.1, 0.15) is 32.3 Å². The second kappa shape index (κ2) is 4.98. The molecule has 1 aromatic rings. The molecule has 1 heterocycles. The number of amides is 1. The molecule has 0 bridgehead atoms. The van der Waals surface area contributed by atoms with Crippen molar-refractivity contribution in [1.82, 2.24) is 0 Å². The quantitative estimate of drug-likeness (QED) is 0.857. The van der Waals surface area contributed by atoms with Crippen LogP contribution in [0.25, 0.3) is 0 Å². The predicted octanol–water partition coefficient (Wildman–Crippen LogP) is 2.08. The van der Waals surface area contributed by atoms with Crippen LogP contribution in [0.3, 0.4) is 0 Å². The molecule has 1 aromatic carbocycles. The molecule has 1 aliphatic rings. The van der Waals surface area contributed by atoms with Crippen molar-refractivity contribution in [3.8, 4) is 5.75 Å². The van der Waals surface area contributed by atoms with E-state index in [1.54, 1.807) is 0 Å². The van der Waals surface area contributed by atoms with Crippen molar-refractivity contribution < 1.29 is 9.53 Å². The van der Waals surface area contributed by atoms with E-state index in [1.165, 1.54) is 0 Å². The third-order valence-corrected chi connectivity index (χ3v) is 2.95. The molecule has 0 radical (unpaired) electrons. The molecule has 1 aliphatic heterocycles. The van der Waals surface area contributed by atoms with E-state index in [1.807, 2.05) is 18.2 Å². The highest BCUT2D eigenvalue weighted by Gasteiger charge is 2.29. The topological polar surface area (TPSA) is 64.4 Å². The van der Waals surface area contributed by atoms with Gasteiger partial charge in [0.25, 0.3) is 0 Å². The molecule has 0 aromatic heterocycles. The second-order valence-electron chi connectivity index (χ2n) is 5.30. The van der Waals surface area contributed by atoms with Gasteiger partial charge in [-0.05, 0) is 45.0 Å². The van der Waals surface area contributed by atoms with Gasteiger partial charge < -0.3 is 15.8 Å². The first-order valence-corrected chi connectivity index (χ1v) is 6.32. The van der Waals surface area contributed by atoms with Gasteiger partial charge in [0.15, 0.2) is 0 Å². The van der Waals surface area contributed by atoms with Gasteiger partial charge in [-0.1, -0.05) is 0 Å². The number of rotatable bonds is 4. The van der Waals surface area contributed by atoms with Crippen LogP contribution in [-0.2, 0) is 11.2 Å². The normalized spacial score (nSPS) is 15.9. The number of benzene rings is 1. The minimum absolute atomic E-state index is 0.0126. The number of hydrogen-bond donors (Lipinski definition) is 2. The van der Waals surface area contributed by atoms with E-state index in [0.29, 0.717) is 19.4 Å². The standard InChI is InChI=1S/C14H20N2O2/c1-14(2)9-10-8-11(5-6-12(10)18-14)16-13(17)4-3-7-15/h5-6,8H,3-4,7,9,15H2,1-2H3,(H,16,17). The monoisotopic (exact) mass is 248 g/mol. The molecule has 1 amide bonds. The molecule has 2 rings (SSSR count). The summed E-state index contributed by atoms with van der Waals surface area (Å²) in [5, 5.41) is 2.88. The van der Waals surface area contributed by atoms with Gasteiger partial charge in [0.2, 0.25) is 5.91 Å². The van der Waals surface area contributed by atoms with E-state index in [4.69, 9.17) is 10.5 Å². The summed E-state index contributed by atoms with van der Waals surface area (Å²) >= 11 is 0. The number of carbonyl (C=O) groups excluding carboxylic acids is 1. The molecule has 98 valence electrons. The summed E-state index contributed by atoms with van der Waals surface area (Å²) in [5.74, 6) is 0.929. The number of hydrogen-bond acceptors (Lipinski definition) is 3. The SMILES string of the molecule is CC1(C)Cc2cc(NC(=O)CCCN)ccc2O1. The highest BCUT2D eigenvalue weighted by atomic mass is 16.5. The molecule has 0 unspecified atom stereocenters. The summed E-state index contributed by atoms with van der Waals surface area (Å²) in [6.45, 7) is 4.67. The molecule has 0 fully saturated rings. The number of anilines is 1. The van der Waals surface area contributed by atoms with Crippen LogP contribution in [0, 0.1) is 0 Å². The Kier molecular flexibility index (Phi) is 3.57. The Morgan fingerprint density at radius 1 is 1.50 bits per heavy atom. The summed E-state index contributed by atoms with van der Waals surface area (Å²) < 4.78 is 5.79. The summed E-state index contributed by atoms with van der Waals surface area (Å²) in [6, 6.07) is 5.79. The van der Waals surface area contributed by atoms with Crippen LogP contribution >= 0.6 is 0 Å². The van der Waals surface area contributed by atoms with Gasteiger partial charge in [0.1, 0.15) is 11.4 Å². The minimum Gasteiger partial charge on any atom is -0.487 e. The third kappa shape index (κ3) is 3.01. The lowest BCUT2D eigenvalue weighted by molar-refractivity contribution is -0.116. The Hall–Kier alpha value is -1.55. The number of carbonyl (C=O) groups is 1. The molecule has 4 heteroatoms. The molecule has 0 atom stereocenters. The lowest BCUT2D eigenvalue weighted by Crippen LogP contribution is -2.24. The van der Waals surface area contributed by atoms with Crippen molar-refractivity contribution in [1.29, 1.82) is 0 Å². The van der Waals surface area contributed by atoms with E-state index < -0.39 is 0 Å². The summed E-state index contributed by atoms with van der Waals surface area (Å²) in [5.41, 5.74) is 7.21. The van der Waals surface area contributed by atoms with Gasteiger partial charge in [-0.25, -0.2) is 0 Å². The Morgan fingerprint density at radius 2 is 2.28 bits per heavy atom. The number of nitrogens with one attached hydrogen (secondary N) is 1. The minimum atomic E-state index is -0.148. The molecular formula is C14H20N2O2. The summed E-state index contributed by atoms with van der Waals surface area (Å²) in [4.78, 5) is 11.6. The number of nitrogens with two attached hydrogens (primary N) is 1.